The summed E-state index contributed by atoms with van der Waals surface area (Å²) >= 11 is 0. The van der Waals surface area contributed by atoms with Crippen LogP contribution in [0.15, 0.2) is 102 Å². The maximum absolute atomic E-state index is 2.41. The molecule has 0 aliphatic carbocycles. The zero-order valence-electron chi connectivity index (χ0n) is 12.7. The third-order valence-corrected chi connectivity index (χ3v) is 6.03. The Morgan fingerprint density at radius 3 is 1.61 bits per heavy atom. The van der Waals surface area contributed by atoms with Gasteiger partial charge in [0.25, 0.3) is 0 Å². The van der Waals surface area contributed by atoms with Crippen molar-refractivity contribution in [2.45, 2.75) is 0 Å². The van der Waals surface area contributed by atoms with Crippen LogP contribution < -0.4 is 0 Å². The Morgan fingerprint density at radius 1 is 0.478 bits per heavy atom. The molecule has 0 nitrogen and oxygen atoms in total. The van der Waals surface area contributed by atoms with E-state index in [9.17, 15) is 0 Å². The van der Waals surface area contributed by atoms with Crippen molar-refractivity contribution in [3.63, 3.8) is 0 Å². The van der Waals surface area contributed by atoms with Gasteiger partial charge in [-0.05, 0) is 29.8 Å². The van der Waals surface area contributed by atoms with Crippen molar-refractivity contribution in [1.29, 1.82) is 0 Å². The lowest BCUT2D eigenvalue weighted by atomic mass is 10.1. The summed E-state index contributed by atoms with van der Waals surface area (Å²) in [6.07, 6.45) is 0. The number of rotatable bonds is 3. The zero-order valence-corrected chi connectivity index (χ0v) is 13.5. The molecule has 0 amide bonds. The summed E-state index contributed by atoms with van der Waals surface area (Å²) in [7, 11) is -0.0109. The summed E-state index contributed by atoms with van der Waals surface area (Å²) < 4.78 is 0. The number of hydrogen-bond donors (Lipinski definition) is 0. The molecule has 1 aromatic heterocycles. The van der Waals surface area contributed by atoms with Crippen LogP contribution in [0.4, 0.5) is 0 Å². The monoisotopic (exact) mass is 313 g/mol. The Balaban J connectivity index is 1.91. The molecular formula is C22H17S+. The van der Waals surface area contributed by atoms with Crippen molar-refractivity contribution in [3.8, 4) is 26.5 Å². The molecule has 0 aliphatic rings. The molecule has 0 saturated carbocycles. The molecule has 110 valence electrons. The van der Waals surface area contributed by atoms with Crippen molar-refractivity contribution in [1.82, 2.24) is 0 Å². The van der Waals surface area contributed by atoms with Crippen LogP contribution in [0.1, 0.15) is 0 Å². The molecule has 0 saturated heterocycles. The van der Waals surface area contributed by atoms with Crippen molar-refractivity contribution < 1.29 is 0 Å². The first-order valence-corrected chi connectivity index (χ1v) is 9.03. The zero-order chi connectivity index (χ0) is 15.5. The highest BCUT2D eigenvalue weighted by molar-refractivity contribution is 7.41. The van der Waals surface area contributed by atoms with Crippen LogP contribution in [-0.2, 0) is 0 Å². The standard InChI is InChI=1S/C22H17S/c1-4-10-18(11-5-1)20-16-22(19-12-6-2-7-13-19)23(17-20)21-14-8-3-9-15-21/h1-17H/q+1. The molecule has 4 aromatic rings. The van der Waals surface area contributed by atoms with Crippen molar-refractivity contribution in [2.75, 3.05) is 0 Å². The molecule has 4 rings (SSSR count). The summed E-state index contributed by atoms with van der Waals surface area (Å²) in [4.78, 5) is 2.77. The predicted molar refractivity (Wildman–Crippen MR) is 101 cm³/mol. The van der Waals surface area contributed by atoms with Gasteiger partial charge in [0, 0.05) is 27.7 Å². The minimum atomic E-state index is -0.0109. The average Bonchev–Trinajstić information content (AvgIpc) is 3.09. The highest BCUT2D eigenvalue weighted by Gasteiger charge is 2.21. The second kappa shape index (κ2) is 6.23. The fourth-order valence-electron chi connectivity index (χ4n) is 2.79. The molecule has 0 spiro atoms. The molecule has 23 heavy (non-hydrogen) atoms. The lowest BCUT2D eigenvalue weighted by molar-refractivity contribution is 1.66. The van der Waals surface area contributed by atoms with Crippen LogP contribution in [-0.4, -0.2) is 0 Å². The van der Waals surface area contributed by atoms with Gasteiger partial charge in [0.1, 0.15) is 0 Å². The second-order valence-electron chi connectivity index (χ2n) is 5.46. The first-order chi connectivity index (χ1) is 11.4. The average molecular weight is 313 g/mol. The number of thiophene rings is 1. The molecule has 0 radical (unpaired) electrons. The maximum Gasteiger partial charge on any atom is 0.187 e. The van der Waals surface area contributed by atoms with Crippen LogP contribution >= 0.6 is 10.5 Å². The summed E-state index contributed by atoms with van der Waals surface area (Å²) in [5.41, 5.74) is 3.91. The molecular weight excluding hydrogens is 296 g/mol. The van der Waals surface area contributed by atoms with E-state index in [1.165, 1.54) is 26.5 Å². The summed E-state index contributed by atoms with van der Waals surface area (Å²) in [5.74, 6) is 0. The van der Waals surface area contributed by atoms with Gasteiger partial charge in [0.15, 0.2) is 15.2 Å². The van der Waals surface area contributed by atoms with E-state index in [0.29, 0.717) is 0 Å². The first-order valence-electron chi connectivity index (χ1n) is 7.74. The minimum Gasteiger partial charge on any atom is -0.0622 e. The van der Waals surface area contributed by atoms with Gasteiger partial charge in [-0.3, -0.25) is 0 Å². The Hall–Kier alpha value is -2.64. The number of hydrogen-bond acceptors (Lipinski definition) is 0. The van der Waals surface area contributed by atoms with E-state index in [-0.39, 0.29) is 10.5 Å². The summed E-state index contributed by atoms with van der Waals surface area (Å²) in [6.45, 7) is 0. The molecule has 1 heterocycles. The van der Waals surface area contributed by atoms with Gasteiger partial charge in [-0.1, -0.05) is 66.7 Å². The Morgan fingerprint density at radius 2 is 1.00 bits per heavy atom. The smallest absolute Gasteiger partial charge is 0.0622 e. The van der Waals surface area contributed by atoms with Crippen LogP contribution in [0.5, 0.6) is 0 Å². The Kier molecular flexibility index (Phi) is 3.79. The van der Waals surface area contributed by atoms with E-state index < -0.39 is 0 Å². The molecule has 0 fully saturated rings. The topological polar surface area (TPSA) is 0 Å². The van der Waals surface area contributed by atoms with Gasteiger partial charge in [-0.2, -0.15) is 0 Å². The van der Waals surface area contributed by atoms with Gasteiger partial charge < -0.3 is 0 Å². The lowest BCUT2D eigenvalue weighted by Crippen LogP contribution is -1.74. The highest BCUT2D eigenvalue weighted by atomic mass is 32.2. The van der Waals surface area contributed by atoms with Gasteiger partial charge in [-0.15, -0.1) is 0 Å². The Labute approximate surface area is 139 Å². The lowest BCUT2D eigenvalue weighted by Gasteiger charge is -1.96. The van der Waals surface area contributed by atoms with Crippen LogP contribution in [0, 0.1) is 0 Å². The summed E-state index contributed by atoms with van der Waals surface area (Å²) in [5, 5.41) is 2.41. The van der Waals surface area contributed by atoms with E-state index in [0.717, 1.165) is 0 Å². The van der Waals surface area contributed by atoms with E-state index in [2.05, 4.69) is 102 Å². The summed E-state index contributed by atoms with van der Waals surface area (Å²) in [6, 6.07) is 34.5. The minimum absolute atomic E-state index is 0.0109. The quantitative estimate of drug-likeness (QED) is 0.367. The van der Waals surface area contributed by atoms with Gasteiger partial charge in [0.05, 0.1) is 0 Å². The van der Waals surface area contributed by atoms with Gasteiger partial charge in [0.2, 0.25) is 0 Å². The molecule has 0 bridgehead atoms. The second-order valence-corrected chi connectivity index (χ2v) is 7.29. The Bertz CT molecular complexity index is 834. The van der Waals surface area contributed by atoms with Crippen LogP contribution in [0.2, 0.25) is 0 Å². The third-order valence-electron chi connectivity index (χ3n) is 3.93. The van der Waals surface area contributed by atoms with Gasteiger partial charge >= 0.3 is 0 Å². The van der Waals surface area contributed by atoms with Crippen molar-refractivity contribution in [2.24, 2.45) is 0 Å². The van der Waals surface area contributed by atoms with Crippen molar-refractivity contribution >= 4 is 10.5 Å². The molecule has 1 heteroatoms. The van der Waals surface area contributed by atoms with E-state index >= 15 is 0 Å². The fourth-order valence-corrected chi connectivity index (χ4v) is 4.86. The van der Waals surface area contributed by atoms with Crippen molar-refractivity contribution in [3.05, 3.63) is 102 Å². The molecule has 0 aliphatic heterocycles. The molecule has 1 unspecified atom stereocenters. The first kappa shape index (κ1) is 14.0. The highest BCUT2D eigenvalue weighted by Crippen LogP contribution is 2.45. The van der Waals surface area contributed by atoms with E-state index in [1.54, 1.807) is 0 Å². The van der Waals surface area contributed by atoms with Crippen LogP contribution in [0.3, 0.4) is 0 Å². The van der Waals surface area contributed by atoms with E-state index in [1.807, 2.05) is 0 Å². The SMILES string of the molecule is c1ccc(-c2cc(-c3ccccc3)[s+](-c3ccccc3)c2)cc1. The fraction of sp³-hybridized carbons (Fsp3) is 0. The maximum atomic E-state index is 2.41. The third kappa shape index (κ3) is 2.84. The predicted octanol–water partition coefficient (Wildman–Crippen LogP) is 6.76. The normalized spacial score (nSPS) is 11.4. The molecule has 1 atom stereocenters. The largest absolute Gasteiger partial charge is 0.187 e. The van der Waals surface area contributed by atoms with E-state index in [4.69, 9.17) is 0 Å². The molecule has 3 aromatic carbocycles. The van der Waals surface area contributed by atoms with Crippen LogP contribution in [0.25, 0.3) is 26.5 Å². The number of benzene rings is 3. The molecule has 0 N–H and O–H groups in total. The van der Waals surface area contributed by atoms with Gasteiger partial charge in [-0.25, -0.2) is 0 Å².